The van der Waals surface area contributed by atoms with Crippen molar-refractivity contribution < 1.29 is 9.90 Å². The van der Waals surface area contributed by atoms with Crippen molar-refractivity contribution in [3.8, 4) is 0 Å². The summed E-state index contributed by atoms with van der Waals surface area (Å²) in [6.45, 7) is 3.81. The van der Waals surface area contributed by atoms with Crippen molar-refractivity contribution in [2.24, 2.45) is 5.41 Å². The average molecular weight is 256 g/mol. The van der Waals surface area contributed by atoms with Crippen LogP contribution in [0.1, 0.15) is 41.5 Å². The lowest BCUT2D eigenvalue weighted by molar-refractivity contribution is 0.0817. The molecule has 19 heavy (non-hydrogen) atoms. The van der Waals surface area contributed by atoms with Crippen molar-refractivity contribution in [2.75, 3.05) is 0 Å². The molecule has 0 spiro atoms. The van der Waals surface area contributed by atoms with Gasteiger partial charge in [0, 0.05) is 5.56 Å². The van der Waals surface area contributed by atoms with Crippen LogP contribution in [-0.4, -0.2) is 20.4 Å². The normalized spacial score (nSPS) is 20.6. The van der Waals surface area contributed by atoms with Gasteiger partial charge in [0.05, 0.1) is 36.3 Å². The van der Waals surface area contributed by atoms with E-state index in [0.717, 1.165) is 16.8 Å². The third kappa shape index (κ3) is 1.56. The molecule has 0 aliphatic heterocycles. The van der Waals surface area contributed by atoms with Crippen molar-refractivity contribution in [3.63, 3.8) is 0 Å². The number of rotatable bonds is 2. The van der Waals surface area contributed by atoms with Gasteiger partial charge in [0.1, 0.15) is 0 Å². The van der Waals surface area contributed by atoms with Crippen LogP contribution in [-0.2, 0) is 6.61 Å². The van der Waals surface area contributed by atoms with Crippen molar-refractivity contribution in [1.82, 2.24) is 9.55 Å². The van der Waals surface area contributed by atoms with E-state index in [9.17, 15) is 9.90 Å². The maximum Gasteiger partial charge on any atom is 0.171 e. The van der Waals surface area contributed by atoms with Crippen molar-refractivity contribution in [2.45, 2.75) is 26.5 Å². The summed E-state index contributed by atoms with van der Waals surface area (Å²) in [5, 5.41) is 9.41. The predicted octanol–water partition coefficient (Wildman–Crippen LogP) is 2.19. The lowest BCUT2D eigenvalue weighted by atomic mass is 9.84. The zero-order valence-corrected chi connectivity index (χ0v) is 11.0. The first-order valence-electron chi connectivity index (χ1n) is 6.32. The van der Waals surface area contributed by atoms with Gasteiger partial charge >= 0.3 is 0 Å². The van der Waals surface area contributed by atoms with Crippen LogP contribution in [0.3, 0.4) is 0 Å². The molecule has 0 unspecified atom stereocenters. The zero-order valence-electron chi connectivity index (χ0n) is 11.0. The topological polar surface area (TPSA) is 55.1 Å². The van der Waals surface area contributed by atoms with Crippen LogP contribution in [0.15, 0.2) is 36.8 Å². The van der Waals surface area contributed by atoms with Gasteiger partial charge in [-0.1, -0.05) is 38.1 Å². The molecule has 0 saturated carbocycles. The number of aliphatic hydroxyl groups excluding tert-OH is 1. The molecule has 0 radical (unpaired) electrons. The Bertz CT molecular complexity index is 643. The van der Waals surface area contributed by atoms with E-state index in [2.05, 4.69) is 4.98 Å². The number of ketones is 1. The standard InChI is InChI=1S/C15H16N2O2/c1-15(2)13(17-9-16-7-10(17)8-18)11-5-3-4-6-12(11)14(15)19/h3-7,9,13,18H,8H2,1-2H3/t13-/m1/s1. The molecule has 1 atom stereocenters. The molecule has 1 heterocycles. The van der Waals surface area contributed by atoms with E-state index in [1.807, 2.05) is 42.7 Å². The number of benzene rings is 1. The molecule has 0 saturated heterocycles. The van der Waals surface area contributed by atoms with Crippen molar-refractivity contribution in [1.29, 1.82) is 0 Å². The fraction of sp³-hybridized carbons (Fsp3) is 0.333. The summed E-state index contributed by atoms with van der Waals surface area (Å²) in [6.07, 6.45) is 3.33. The van der Waals surface area contributed by atoms with E-state index >= 15 is 0 Å². The molecule has 98 valence electrons. The molecule has 3 rings (SSSR count). The van der Waals surface area contributed by atoms with Crippen molar-refractivity contribution >= 4 is 5.78 Å². The first-order chi connectivity index (χ1) is 9.07. The first-order valence-corrected chi connectivity index (χ1v) is 6.32. The Kier molecular flexibility index (Phi) is 2.57. The molecule has 0 fully saturated rings. The van der Waals surface area contributed by atoms with E-state index < -0.39 is 5.41 Å². The van der Waals surface area contributed by atoms with Gasteiger partial charge in [0.25, 0.3) is 0 Å². The minimum absolute atomic E-state index is 0.0804. The molecule has 0 bridgehead atoms. The highest BCUT2D eigenvalue weighted by molar-refractivity contribution is 6.05. The predicted molar refractivity (Wildman–Crippen MR) is 70.8 cm³/mol. The number of carbonyl (C=O) groups is 1. The van der Waals surface area contributed by atoms with Gasteiger partial charge in [-0.15, -0.1) is 0 Å². The number of aliphatic hydroxyl groups is 1. The van der Waals surface area contributed by atoms with E-state index in [-0.39, 0.29) is 18.4 Å². The fourth-order valence-corrected chi connectivity index (χ4v) is 2.99. The monoisotopic (exact) mass is 256 g/mol. The summed E-state index contributed by atoms with van der Waals surface area (Å²) in [5.41, 5.74) is 1.97. The lowest BCUT2D eigenvalue weighted by Gasteiger charge is -2.28. The molecule has 4 heteroatoms. The second kappa shape index (κ2) is 4.03. The van der Waals surface area contributed by atoms with Crippen LogP contribution in [0.25, 0.3) is 0 Å². The number of imidazole rings is 1. The van der Waals surface area contributed by atoms with Crippen LogP contribution in [0.4, 0.5) is 0 Å². The van der Waals surface area contributed by atoms with Crippen molar-refractivity contribution in [3.05, 3.63) is 53.6 Å². The summed E-state index contributed by atoms with van der Waals surface area (Å²) in [7, 11) is 0. The number of hydrogen-bond donors (Lipinski definition) is 1. The number of fused-ring (bicyclic) bond motifs is 1. The van der Waals surface area contributed by atoms with E-state index in [4.69, 9.17) is 0 Å². The highest BCUT2D eigenvalue weighted by atomic mass is 16.3. The van der Waals surface area contributed by atoms with Gasteiger partial charge in [0.2, 0.25) is 0 Å². The summed E-state index contributed by atoms with van der Waals surface area (Å²) in [5.74, 6) is 0.144. The molecular weight excluding hydrogens is 240 g/mol. The Morgan fingerprint density at radius 3 is 2.84 bits per heavy atom. The van der Waals surface area contributed by atoms with Gasteiger partial charge in [0.15, 0.2) is 5.78 Å². The number of carbonyl (C=O) groups excluding carboxylic acids is 1. The molecule has 0 amide bonds. The maximum absolute atomic E-state index is 12.5. The SMILES string of the molecule is CC1(C)C(=O)c2ccccc2[C@H]1n1cncc1CO. The average Bonchev–Trinajstić information content (AvgIpc) is 2.93. The van der Waals surface area contributed by atoms with Crippen LogP contribution < -0.4 is 0 Å². The van der Waals surface area contributed by atoms with E-state index in [1.54, 1.807) is 12.5 Å². The largest absolute Gasteiger partial charge is 0.390 e. The number of Topliss-reactive ketones (excluding diaryl/α,β-unsaturated/α-hetero) is 1. The molecule has 4 nitrogen and oxygen atoms in total. The fourth-order valence-electron chi connectivity index (χ4n) is 2.99. The van der Waals surface area contributed by atoms with E-state index in [1.165, 1.54) is 0 Å². The Hall–Kier alpha value is -1.94. The minimum Gasteiger partial charge on any atom is -0.390 e. The molecule has 1 aliphatic carbocycles. The molecule has 1 aromatic heterocycles. The van der Waals surface area contributed by atoms with Gasteiger partial charge in [-0.2, -0.15) is 0 Å². The number of aromatic nitrogens is 2. The van der Waals surface area contributed by atoms with Gasteiger partial charge in [-0.25, -0.2) is 4.98 Å². The summed E-state index contributed by atoms with van der Waals surface area (Å²) in [4.78, 5) is 16.6. The number of nitrogens with zero attached hydrogens (tertiary/aromatic N) is 2. The van der Waals surface area contributed by atoms with Gasteiger partial charge in [-0.3, -0.25) is 4.79 Å². The molecule has 2 aromatic rings. The Morgan fingerprint density at radius 1 is 1.37 bits per heavy atom. The Labute approximate surface area is 111 Å². The quantitative estimate of drug-likeness (QED) is 0.896. The molecule has 1 aromatic carbocycles. The Balaban J connectivity index is 2.23. The highest BCUT2D eigenvalue weighted by Gasteiger charge is 2.47. The zero-order chi connectivity index (χ0) is 13.6. The summed E-state index contributed by atoms with van der Waals surface area (Å²) >= 11 is 0. The third-order valence-corrected chi connectivity index (χ3v) is 3.96. The molecule has 1 aliphatic rings. The third-order valence-electron chi connectivity index (χ3n) is 3.96. The lowest BCUT2D eigenvalue weighted by Crippen LogP contribution is -2.29. The molecular formula is C15H16N2O2. The van der Waals surface area contributed by atoms with Crippen LogP contribution >= 0.6 is 0 Å². The van der Waals surface area contributed by atoms with Crippen LogP contribution in [0.2, 0.25) is 0 Å². The second-order valence-electron chi connectivity index (χ2n) is 5.49. The smallest absolute Gasteiger partial charge is 0.171 e. The van der Waals surface area contributed by atoms with Gasteiger partial charge < -0.3 is 9.67 Å². The minimum atomic E-state index is -0.533. The van der Waals surface area contributed by atoms with E-state index in [0.29, 0.717) is 0 Å². The van der Waals surface area contributed by atoms with Crippen LogP contribution in [0.5, 0.6) is 0 Å². The van der Waals surface area contributed by atoms with Gasteiger partial charge in [-0.05, 0) is 5.56 Å². The maximum atomic E-state index is 12.5. The van der Waals surface area contributed by atoms with Crippen LogP contribution in [0, 0.1) is 5.41 Å². The Morgan fingerprint density at radius 2 is 2.11 bits per heavy atom. The number of hydrogen-bond acceptors (Lipinski definition) is 3. The first kappa shape index (κ1) is 12.1. The highest BCUT2D eigenvalue weighted by Crippen LogP contribution is 2.47. The summed E-state index contributed by atoms with van der Waals surface area (Å²) < 4.78 is 1.91. The second-order valence-corrected chi connectivity index (χ2v) is 5.49. The summed E-state index contributed by atoms with van der Waals surface area (Å²) in [6, 6.07) is 7.57. The molecule has 1 N–H and O–H groups in total.